The minimum absolute atomic E-state index is 0.0713. The standard InChI is InChI=1S/C21H44O2/c1-3-5-6-7-8-9-10-11-12-13-14-15-16-17-18-19-21(20-22)23-4-2/h21-22H,3-20H2,1-2H3. The van der Waals surface area contributed by atoms with E-state index in [0.717, 1.165) is 6.42 Å². The molecule has 1 atom stereocenters. The van der Waals surface area contributed by atoms with E-state index >= 15 is 0 Å². The van der Waals surface area contributed by atoms with Crippen molar-refractivity contribution in [2.75, 3.05) is 13.2 Å². The number of rotatable bonds is 19. The van der Waals surface area contributed by atoms with Crippen molar-refractivity contribution in [1.82, 2.24) is 0 Å². The second-order valence-electron chi connectivity index (χ2n) is 7.00. The predicted octanol–water partition coefficient (Wildman–Crippen LogP) is 6.65. The van der Waals surface area contributed by atoms with Gasteiger partial charge in [-0.05, 0) is 13.3 Å². The Morgan fingerprint density at radius 3 is 1.35 bits per heavy atom. The molecule has 0 aromatic carbocycles. The normalized spacial score (nSPS) is 12.7. The van der Waals surface area contributed by atoms with Crippen LogP contribution in [-0.4, -0.2) is 24.4 Å². The SMILES string of the molecule is CCCCCCCCCCCCCCCCCC(CO)OCC. The minimum Gasteiger partial charge on any atom is -0.394 e. The Morgan fingerprint density at radius 1 is 0.609 bits per heavy atom. The van der Waals surface area contributed by atoms with E-state index in [1.165, 1.54) is 96.3 Å². The number of aliphatic hydroxyl groups excluding tert-OH is 1. The zero-order valence-electron chi connectivity index (χ0n) is 16.2. The van der Waals surface area contributed by atoms with Crippen molar-refractivity contribution in [1.29, 1.82) is 0 Å². The average Bonchev–Trinajstić information content (AvgIpc) is 2.57. The predicted molar refractivity (Wildman–Crippen MR) is 102 cm³/mol. The maximum absolute atomic E-state index is 9.15. The van der Waals surface area contributed by atoms with Gasteiger partial charge in [0.15, 0.2) is 0 Å². The third kappa shape index (κ3) is 18.1. The number of aliphatic hydroxyl groups is 1. The zero-order valence-corrected chi connectivity index (χ0v) is 16.2. The van der Waals surface area contributed by atoms with E-state index in [1.807, 2.05) is 6.92 Å². The lowest BCUT2D eigenvalue weighted by Crippen LogP contribution is -2.17. The van der Waals surface area contributed by atoms with Crippen LogP contribution in [0.1, 0.15) is 117 Å². The molecule has 0 saturated heterocycles. The smallest absolute Gasteiger partial charge is 0.0805 e. The number of unbranched alkanes of at least 4 members (excludes halogenated alkanes) is 14. The van der Waals surface area contributed by atoms with Gasteiger partial charge in [-0.15, -0.1) is 0 Å². The molecule has 0 heterocycles. The van der Waals surface area contributed by atoms with Crippen LogP contribution in [0.15, 0.2) is 0 Å². The topological polar surface area (TPSA) is 29.5 Å². The lowest BCUT2D eigenvalue weighted by molar-refractivity contribution is 0.0136. The van der Waals surface area contributed by atoms with Gasteiger partial charge in [-0.25, -0.2) is 0 Å². The van der Waals surface area contributed by atoms with Crippen LogP contribution < -0.4 is 0 Å². The molecule has 0 aliphatic heterocycles. The van der Waals surface area contributed by atoms with E-state index in [-0.39, 0.29) is 12.7 Å². The summed E-state index contributed by atoms with van der Waals surface area (Å²) in [6, 6.07) is 0. The first-order chi connectivity index (χ1) is 11.3. The second kappa shape index (κ2) is 20.0. The minimum atomic E-state index is 0.0713. The molecule has 0 saturated carbocycles. The first-order valence-corrected chi connectivity index (χ1v) is 10.6. The van der Waals surface area contributed by atoms with Crippen molar-refractivity contribution in [3.63, 3.8) is 0 Å². The van der Waals surface area contributed by atoms with Gasteiger partial charge in [-0.1, -0.05) is 103 Å². The molecule has 1 N–H and O–H groups in total. The van der Waals surface area contributed by atoms with Crippen LogP contribution in [0.5, 0.6) is 0 Å². The molecule has 140 valence electrons. The number of ether oxygens (including phenoxy) is 1. The summed E-state index contributed by atoms with van der Waals surface area (Å²) in [5.74, 6) is 0. The highest BCUT2D eigenvalue weighted by Crippen LogP contribution is 2.14. The molecule has 0 aromatic heterocycles. The molecule has 0 rings (SSSR count). The van der Waals surface area contributed by atoms with Gasteiger partial charge in [-0.3, -0.25) is 0 Å². The summed E-state index contributed by atoms with van der Waals surface area (Å²) < 4.78 is 5.46. The summed E-state index contributed by atoms with van der Waals surface area (Å²) in [4.78, 5) is 0. The van der Waals surface area contributed by atoms with Crippen molar-refractivity contribution in [2.24, 2.45) is 0 Å². The third-order valence-electron chi connectivity index (χ3n) is 4.74. The van der Waals surface area contributed by atoms with Gasteiger partial charge in [0, 0.05) is 6.61 Å². The Morgan fingerprint density at radius 2 is 1.00 bits per heavy atom. The molecule has 0 amide bonds. The highest BCUT2D eigenvalue weighted by Gasteiger charge is 2.05. The summed E-state index contributed by atoms with van der Waals surface area (Å²) in [6.07, 6.45) is 22.1. The molecule has 0 bridgehead atoms. The molecule has 0 aromatic rings. The van der Waals surface area contributed by atoms with Crippen LogP contribution in [0, 0.1) is 0 Å². The highest BCUT2D eigenvalue weighted by molar-refractivity contribution is 4.56. The van der Waals surface area contributed by atoms with Crippen LogP contribution in [0.25, 0.3) is 0 Å². The van der Waals surface area contributed by atoms with Crippen molar-refractivity contribution in [3.05, 3.63) is 0 Å². The summed E-state index contributed by atoms with van der Waals surface area (Å²) in [5, 5.41) is 9.15. The van der Waals surface area contributed by atoms with Gasteiger partial charge in [-0.2, -0.15) is 0 Å². The lowest BCUT2D eigenvalue weighted by atomic mass is 10.0. The van der Waals surface area contributed by atoms with Gasteiger partial charge in [0.25, 0.3) is 0 Å². The Bertz CT molecular complexity index is 206. The Balaban J connectivity index is 3.07. The molecule has 1 unspecified atom stereocenters. The molecule has 0 aliphatic rings. The van der Waals surface area contributed by atoms with E-state index in [2.05, 4.69) is 6.92 Å². The third-order valence-corrected chi connectivity index (χ3v) is 4.74. The van der Waals surface area contributed by atoms with Crippen molar-refractivity contribution < 1.29 is 9.84 Å². The van der Waals surface area contributed by atoms with E-state index in [9.17, 15) is 0 Å². The second-order valence-corrected chi connectivity index (χ2v) is 7.00. The number of hydrogen-bond donors (Lipinski definition) is 1. The Hall–Kier alpha value is -0.0800. The summed E-state index contributed by atoms with van der Waals surface area (Å²) >= 11 is 0. The van der Waals surface area contributed by atoms with Crippen LogP contribution >= 0.6 is 0 Å². The van der Waals surface area contributed by atoms with Gasteiger partial charge >= 0.3 is 0 Å². The molecule has 23 heavy (non-hydrogen) atoms. The Kier molecular flexibility index (Phi) is 19.9. The van der Waals surface area contributed by atoms with Gasteiger partial charge in [0.2, 0.25) is 0 Å². The maximum atomic E-state index is 9.15. The summed E-state index contributed by atoms with van der Waals surface area (Å²) in [6.45, 7) is 5.16. The molecular weight excluding hydrogens is 284 g/mol. The van der Waals surface area contributed by atoms with Crippen LogP contribution in [-0.2, 0) is 4.74 Å². The molecule has 0 spiro atoms. The zero-order chi connectivity index (χ0) is 17.0. The summed E-state index contributed by atoms with van der Waals surface area (Å²) in [7, 11) is 0. The molecule has 0 aliphatic carbocycles. The molecule has 2 heteroatoms. The fraction of sp³-hybridized carbons (Fsp3) is 1.00. The molecule has 2 nitrogen and oxygen atoms in total. The largest absolute Gasteiger partial charge is 0.394 e. The molecular formula is C21H44O2. The first kappa shape index (κ1) is 22.9. The first-order valence-electron chi connectivity index (χ1n) is 10.6. The van der Waals surface area contributed by atoms with E-state index in [1.54, 1.807) is 0 Å². The van der Waals surface area contributed by atoms with Crippen molar-refractivity contribution in [2.45, 2.75) is 123 Å². The van der Waals surface area contributed by atoms with E-state index in [0.29, 0.717) is 6.61 Å². The molecule has 0 radical (unpaired) electrons. The maximum Gasteiger partial charge on any atom is 0.0805 e. The fourth-order valence-corrected chi connectivity index (χ4v) is 3.21. The van der Waals surface area contributed by atoms with Crippen molar-refractivity contribution in [3.8, 4) is 0 Å². The van der Waals surface area contributed by atoms with Crippen LogP contribution in [0.2, 0.25) is 0 Å². The molecule has 0 fully saturated rings. The van der Waals surface area contributed by atoms with Crippen LogP contribution in [0.4, 0.5) is 0 Å². The lowest BCUT2D eigenvalue weighted by Gasteiger charge is -2.13. The van der Waals surface area contributed by atoms with E-state index in [4.69, 9.17) is 9.84 Å². The monoisotopic (exact) mass is 328 g/mol. The van der Waals surface area contributed by atoms with Crippen LogP contribution in [0.3, 0.4) is 0 Å². The van der Waals surface area contributed by atoms with Crippen molar-refractivity contribution >= 4 is 0 Å². The van der Waals surface area contributed by atoms with E-state index < -0.39 is 0 Å². The number of hydrogen-bond acceptors (Lipinski definition) is 2. The fourth-order valence-electron chi connectivity index (χ4n) is 3.21. The summed E-state index contributed by atoms with van der Waals surface area (Å²) in [5.41, 5.74) is 0. The Labute approximate surface area is 146 Å². The van der Waals surface area contributed by atoms with Gasteiger partial charge in [0.05, 0.1) is 12.7 Å². The van der Waals surface area contributed by atoms with Gasteiger partial charge < -0.3 is 9.84 Å². The quantitative estimate of drug-likeness (QED) is 0.269. The average molecular weight is 329 g/mol. The van der Waals surface area contributed by atoms with Gasteiger partial charge in [0.1, 0.15) is 0 Å². The highest BCUT2D eigenvalue weighted by atomic mass is 16.5.